The smallest absolute Gasteiger partial charge is 0.181 e. The highest BCUT2D eigenvalue weighted by Gasteiger charge is 2.09. The maximum Gasteiger partial charge on any atom is 0.181 e. The average molecular weight is 213 g/mol. The Hall–Kier alpha value is -2.16. The van der Waals surface area contributed by atoms with Gasteiger partial charge in [0.2, 0.25) is 0 Å². The van der Waals surface area contributed by atoms with Crippen molar-refractivity contribution in [2.24, 2.45) is 0 Å². The van der Waals surface area contributed by atoms with E-state index in [0.29, 0.717) is 5.69 Å². The zero-order valence-electron chi connectivity index (χ0n) is 8.84. The zero-order chi connectivity index (χ0) is 11.5. The van der Waals surface area contributed by atoms with Gasteiger partial charge in [-0.15, -0.1) is 0 Å². The highest BCUT2D eigenvalue weighted by atomic mass is 16.3. The predicted octanol–water partition coefficient (Wildman–Crippen LogP) is 2.66. The predicted molar refractivity (Wildman–Crippen MR) is 61.3 cm³/mol. The second-order valence-electron chi connectivity index (χ2n) is 3.49. The summed E-state index contributed by atoms with van der Waals surface area (Å²) >= 11 is 0. The van der Waals surface area contributed by atoms with Gasteiger partial charge in [0.1, 0.15) is 11.4 Å². The van der Waals surface area contributed by atoms with Gasteiger partial charge < -0.3 is 5.11 Å². The molecule has 0 bridgehead atoms. The Kier molecular flexibility index (Phi) is 2.68. The monoisotopic (exact) mass is 213 g/mol. The van der Waals surface area contributed by atoms with Gasteiger partial charge in [0, 0.05) is 12.5 Å². The molecule has 0 atom stereocenters. The molecule has 1 aromatic carbocycles. The average Bonchev–Trinajstić information content (AvgIpc) is 2.30. The Bertz CT molecular complexity index is 521. The molecule has 0 fully saturated rings. The normalized spacial score (nSPS) is 10.1. The largest absolute Gasteiger partial charge is 0.506 e. The number of rotatable bonds is 2. The fourth-order valence-corrected chi connectivity index (χ4v) is 1.48. The first kappa shape index (κ1) is 10.4. The van der Waals surface area contributed by atoms with Crippen LogP contribution in [-0.4, -0.2) is 15.9 Å². The number of aromatic hydroxyl groups is 1. The quantitative estimate of drug-likeness (QED) is 0.780. The summed E-state index contributed by atoms with van der Waals surface area (Å²) in [6.45, 7) is 1.39. The Morgan fingerprint density at radius 3 is 2.44 bits per heavy atom. The van der Waals surface area contributed by atoms with E-state index in [4.69, 9.17) is 0 Å². The lowest BCUT2D eigenvalue weighted by Crippen LogP contribution is -1.98. The molecular weight excluding hydrogens is 202 g/mol. The number of ketones is 1. The van der Waals surface area contributed by atoms with Gasteiger partial charge in [-0.2, -0.15) is 0 Å². The number of carbonyl (C=O) groups excluding carboxylic acids is 1. The maximum atomic E-state index is 11.2. The van der Waals surface area contributed by atoms with Gasteiger partial charge in [-0.25, -0.2) is 4.98 Å². The van der Waals surface area contributed by atoms with Gasteiger partial charge in [-0.1, -0.05) is 30.3 Å². The molecule has 2 aromatic rings. The molecule has 0 radical (unpaired) electrons. The highest BCUT2D eigenvalue weighted by Crippen LogP contribution is 2.22. The minimum Gasteiger partial charge on any atom is -0.506 e. The van der Waals surface area contributed by atoms with Crippen molar-refractivity contribution in [3.05, 3.63) is 48.2 Å². The van der Waals surface area contributed by atoms with Crippen LogP contribution in [0.5, 0.6) is 5.75 Å². The molecule has 0 aliphatic heterocycles. The fourth-order valence-electron chi connectivity index (χ4n) is 1.48. The Morgan fingerprint density at radius 1 is 1.12 bits per heavy atom. The molecule has 0 spiro atoms. The molecule has 0 unspecified atom stereocenters. The van der Waals surface area contributed by atoms with Gasteiger partial charge >= 0.3 is 0 Å². The van der Waals surface area contributed by atoms with Crippen LogP contribution >= 0.6 is 0 Å². The van der Waals surface area contributed by atoms with Crippen LogP contribution in [0.1, 0.15) is 17.4 Å². The summed E-state index contributed by atoms with van der Waals surface area (Å²) in [6, 6.07) is 12.7. The summed E-state index contributed by atoms with van der Waals surface area (Å²) in [4.78, 5) is 15.4. The minimum atomic E-state index is -0.240. The Balaban J connectivity index is 2.52. The second kappa shape index (κ2) is 4.14. The second-order valence-corrected chi connectivity index (χ2v) is 3.49. The van der Waals surface area contributed by atoms with Crippen molar-refractivity contribution in [3.63, 3.8) is 0 Å². The van der Waals surface area contributed by atoms with E-state index in [-0.39, 0.29) is 17.2 Å². The van der Waals surface area contributed by atoms with Crippen molar-refractivity contribution in [1.82, 2.24) is 4.98 Å². The third-order valence-electron chi connectivity index (χ3n) is 2.28. The van der Waals surface area contributed by atoms with Crippen molar-refractivity contribution in [1.29, 1.82) is 0 Å². The highest BCUT2D eigenvalue weighted by molar-refractivity contribution is 5.95. The number of pyridine rings is 1. The molecule has 16 heavy (non-hydrogen) atoms. The zero-order valence-corrected chi connectivity index (χ0v) is 8.84. The van der Waals surface area contributed by atoms with E-state index in [1.165, 1.54) is 13.0 Å². The lowest BCUT2D eigenvalue weighted by molar-refractivity contribution is 0.101. The standard InChI is InChI=1S/C13H11NO2/c1-9(15)13-12(16)8-7-11(14-13)10-5-3-2-4-6-10/h2-8,16H,1H3. The summed E-state index contributed by atoms with van der Waals surface area (Å²) in [5, 5.41) is 9.47. The first-order chi connectivity index (χ1) is 7.68. The fraction of sp³-hybridized carbons (Fsp3) is 0.0769. The molecule has 1 heterocycles. The van der Waals surface area contributed by atoms with E-state index in [1.54, 1.807) is 6.07 Å². The third-order valence-corrected chi connectivity index (χ3v) is 2.28. The molecule has 0 saturated heterocycles. The van der Waals surface area contributed by atoms with Crippen molar-refractivity contribution >= 4 is 5.78 Å². The molecule has 1 N–H and O–H groups in total. The first-order valence-electron chi connectivity index (χ1n) is 4.95. The van der Waals surface area contributed by atoms with Crippen molar-refractivity contribution in [3.8, 4) is 17.0 Å². The van der Waals surface area contributed by atoms with Crippen LogP contribution < -0.4 is 0 Å². The summed E-state index contributed by atoms with van der Waals surface area (Å²) in [5.41, 5.74) is 1.72. The van der Waals surface area contributed by atoms with Gasteiger partial charge in [0.15, 0.2) is 5.78 Å². The maximum absolute atomic E-state index is 11.2. The number of hydrogen-bond acceptors (Lipinski definition) is 3. The molecule has 0 aliphatic rings. The molecule has 0 amide bonds. The van der Waals surface area contributed by atoms with E-state index in [9.17, 15) is 9.90 Å². The van der Waals surface area contributed by atoms with E-state index in [2.05, 4.69) is 4.98 Å². The Labute approximate surface area is 93.4 Å². The van der Waals surface area contributed by atoms with Crippen molar-refractivity contribution in [2.75, 3.05) is 0 Å². The van der Waals surface area contributed by atoms with Crippen LogP contribution in [0.3, 0.4) is 0 Å². The molecule has 0 aliphatic carbocycles. The SMILES string of the molecule is CC(=O)c1nc(-c2ccccc2)ccc1O. The molecular formula is C13H11NO2. The molecule has 3 heteroatoms. The molecule has 0 saturated carbocycles. The summed E-state index contributed by atoms with van der Waals surface area (Å²) < 4.78 is 0. The minimum absolute atomic E-state index is 0.0767. The van der Waals surface area contributed by atoms with E-state index in [0.717, 1.165) is 5.56 Å². The van der Waals surface area contributed by atoms with Crippen LogP contribution in [0, 0.1) is 0 Å². The molecule has 3 nitrogen and oxygen atoms in total. The number of benzene rings is 1. The van der Waals surface area contributed by atoms with Crippen LogP contribution in [0.2, 0.25) is 0 Å². The van der Waals surface area contributed by atoms with Crippen LogP contribution in [0.15, 0.2) is 42.5 Å². The third kappa shape index (κ3) is 1.93. The topological polar surface area (TPSA) is 50.2 Å². The number of Topliss-reactive ketones (excluding diaryl/α,β-unsaturated/α-hetero) is 1. The lowest BCUT2D eigenvalue weighted by atomic mass is 10.1. The summed E-state index contributed by atoms with van der Waals surface area (Å²) in [7, 11) is 0. The van der Waals surface area contributed by atoms with Gasteiger partial charge in [0.25, 0.3) is 0 Å². The lowest BCUT2D eigenvalue weighted by Gasteiger charge is -2.04. The van der Waals surface area contributed by atoms with Crippen LogP contribution in [-0.2, 0) is 0 Å². The van der Waals surface area contributed by atoms with E-state index in [1.807, 2.05) is 30.3 Å². The first-order valence-corrected chi connectivity index (χ1v) is 4.95. The number of nitrogens with zero attached hydrogens (tertiary/aromatic N) is 1. The molecule has 80 valence electrons. The number of hydrogen-bond donors (Lipinski definition) is 1. The number of aromatic nitrogens is 1. The summed E-state index contributed by atoms with van der Waals surface area (Å²) in [5.74, 6) is -0.317. The van der Waals surface area contributed by atoms with E-state index >= 15 is 0 Å². The van der Waals surface area contributed by atoms with Gasteiger partial charge in [0.05, 0.1) is 5.69 Å². The summed E-state index contributed by atoms with van der Waals surface area (Å²) in [6.07, 6.45) is 0. The number of carbonyl (C=O) groups is 1. The van der Waals surface area contributed by atoms with Crippen LogP contribution in [0.4, 0.5) is 0 Å². The Morgan fingerprint density at radius 2 is 1.81 bits per heavy atom. The molecule has 1 aromatic heterocycles. The van der Waals surface area contributed by atoms with Gasteiger partial charge in [-0.05, 0) is 12.1 Å². The van der Waals surface area contributed by atoms with Crippen molar-refractivity contribution < 1.29 is 9.90 Å². The van der Waals surface area contributed by atoms with Gasteiger partial charge in [-0.3, -0.25) is 4.79 Å². The van der Waals surface area contributed by atoms with E-state index < -0.39 is 0 Å². The molecule has 2 rings (SSSR count). The van der Waals surface area contributed by atoms with Crippen molar-refractivity contribution in [2.45, 2.75) is 6.92 Å². The van der Waals surface area contributed by atoms with Crippen LogP contribution in [0.25, 0.3) is 11.3 Å².